The van der Waals surface area contributed by atoms with Crippen LogP contribution < -0.4 is 0 Å². The van der Waals surface area contributed by atoms with Crippen molar-refractivity contribution in [2.24, 2.45) is 5.92 Å². The van der Waals surface area contributed by atoms with Gasteiger partial charge in [-0.1, -0.05) is 25.1 Å². The first-order chi connectivity index (χ1) is 10.6. The minimum Gasteiger partial charge on any atom is -0.378 e. The second kappa shape index (κ2) is 6.78. The van der Waals surface area contributed by atoms with Gasteiger partial charge in [-0.3, -0.25) is 4.79 Å². The van der Waals surface area contributed by atoms with Gasteiger partial charge in [0.2, 0.25) is 5.91 Å². The molecular weight excluding hydrogens is 281 g/mol. The van der Waals surface area contributed by atoms with Crippen LogP contribution in [0.5, 0.6) is 0 Å². The highest BCUT2D eigenvalue weighted by Crippen LogP contribution is 2.37. The molecule has 0 aromatic heterocycles. The first kappa shape index (κ1) is 15.5. The predicted molar refractivity (Wildman–Crippen MR) is 82.8 cm³/mol. The normalized spacial score (nSPS) is 28.3. The molecule has 2 aliphatic heterocycles. The number of ether oxygens (including phenoxy) is 1. The molecule has 0 spiro atoms. The van der Waals surface area contributed by atoms with Crippen LogP contribution in [0.15, 0.2) is 24.3 Å². The Labute approximate surface area is 131 Å². The molecule has 0 radical (unpaired) electrons. The second-order valence-electron chi connectivity index (χ2n) is 6.60. The van der Waals surface area contributed by atoms with Crippen molar-refractivity contribution in [3.05, 3.63) is 35.6 Å². The van der Waals surface area contributed by atoms with E-state index in [9.17, 15) is 9.18 Å². The molecule has 2 fully saturated rings. The summed E-state index contributed by atoms with van der Waals surface area (Å²) in [6.45, 7) is 3.67. The molecule has 1 aromatic carbocycles. The zero-order valence-electron chi connectivity index (χ0n) is 13.1. The van der Waals surface area contributed by atoms with Gasteiger partial charge in [0.25, 0.3) is 0 Å². The molecule has 0 aliphatic carbocycles. The lowest BCUT2D eigenvalue weighted by atomic mass is 10.00. The number of hydrogen-bond donors (Lipinski definition) is 0. The largest absolute Gasteiger partial charge is 0.378 e. The third kappa shape index (κ3) is 3.32. The van der Waals surface area contributed by atoms with E-state index in [-0.39, 0.29) is 23.9 Å². The van der Waals surface area contributed by atoms with Crippen LogP contribution in [0.3, 0.4) is 0 Å². The van der Waals surface area contributed by atoms with Gasteiger partial charge in [-0.25, -0.2) is 4.39 Å². The maximum atomic E-state index is 14.1. The molecule has 3 nitrogen and oxygen atoms in total. The topological polar surface area (TPSA) is 29.5 Å². The molecule has 4 heteroatoms. The summed E-state index contributed by atoms with van der Waals surface area (Å²) in [6.07, 6.45) is 4.51. The van der Waals surface area contributed by atoms with Crippen molar-refractivity contribution >= 4 is 5.91 Å². The second-order valence-corrected chi connectivity index (χ2v) is 6.60. The third-order valence-corrected chi connectivity index (χ3v) is 4.80. The highest BCUT2D eigenvalue weighted by Gasteiger charge is 2.35. The Morgan fingerprint density at radius 2 is 2.23 bits per heavy atom. The molecule has 1 amide bonds. The number of likely N-dealkylation sites (tertiary alicyclic amines) is 1. The van der Waals surface area contributed by atoms with Gasteiger partial charge < -0.3 is 9.64 Å². The van der Waals surface area contributed by atoms with E-state index in [0.29, 0.717) is 17.9 Å². The van der Waals surface area contributed by atoms with Crippen molar-refractivity contribution in [1.82, 2.24) is 4.90 Å². The summed E-state index contributed by atoms with van der Waals surface area (Å²) < 4.78 is 19.7. The van der Waals surface area contributed by atoms with E-state index < -0.39 is 0 Å². The maximum absolute atomic E-state index is 14.1. The van der Waals surface area contributed by atoms with Crippen LogP contribution in [-0.4, -0.2) is 30.1 Å². The number of carbonyl (C=O) groups excluding carboxylic acids is 1. The Kier molecular flexibility index (Phi) is 4.77. The highest BCUT2D eigenvalue weighted by molar-refractivity contribution is 5.77. The van der Waals surface area contributed by atoms with Gasteiger partial charge in [0.15, 0.2) is 0 Å². The minimum absolute atomic E-state index is 0.117. The van der Waals surface area contributed by atoms with Crippen LogP contribution in [0.1, 0.15) is 50.6 Å². The number of nitrogens with zero attached hydrogens (tertiary/aromatic N) is 1. The lowest BCUT2D eigenvalue weighted by molar-refractivity contribution is -0.132. The fraction of sp³-hybridized carbons (Fsp3) is 0.611. The Balaban J connectivity index is 1.67. The Hall–Kier alpha value is -1.42. The summed E-state index contributed by atoms with van der Waals surface area (Å²) in [6, 6.07) is 6.70. The Morgan fingerprint density at radius 1 is 1.41 bits per heavy atom. The van der Waals surface area contributed by atoms with Gasteiger partial charge >= 0.3 is 0 Å². The van der Waals surface area contributed by atoms with Crippen LogP contribution in [-0.2, 0) is 9.53 Å². The van der Waals surface area contributed by atoms with Crippen molar-refractivity contribution in [2.75, 3.05) is 13.2 Å². The fourth-order valence-corrected chi connectivity index (χ4v) is 3.66. The first-order valence-electron chi connectivity index (χ1n) is 8.30. The summed E-state index contributed by atoms with van der Waals surface area (Å²) in [4.78, 5) is 14.5. The first-order valence-corrected chi connectivity index (χ1v) is 8.30. The van der Waals surface area contributed by atoms with Crippen molar-refractivity contribution in [3.8, 4) is 0 Å². The molecule has 2 aliphatic rings. The van der Waals surface area contributed by atoms with Gasteiger partial charge in [0.05, 0.1) is 12.1 Å². The molecular formula is C18H24FNO2. The maximum Gasteiger partial charge on any atom is 0.223 e. The highest BCUT2D eigenvalue weighted by atomic mass is 19.1. The quantitative estimate of drug-likeness (QED) is 0.849. The molecule has 22 heavy (non-hydrogen) atoms. The average molecular weight is 305 g/mol. The number of amides is 1. The van der Waals surface area contributed by atoms with Gasteiger partial charge in [-0.2, -0.15) is 0 Å². The van der Waals surface area contributed by atoms with Crippen LogP contribution in [0.25, 0.3) is 0 Å². The summed E-state index contributed by atoms with van der Waals surface area (Å²) in [5.41, 5.74) is 0.650. The lowest BCUT2D eigenvalue weighted by Crippen LogP contribution is -2.32. The fourth-order valence-electron chi connectivity index (χ4n) is 3.66. The van der Waals surface area contributed by atoms with E-state index in [4.69, 9.17) is 4.74 Å². The van der Waals surface area contributed by atoms with E-state index >= 15 is 0 Å². The van der Waals surface area contributed by atoms with Gasteiger partial charge in [0.1, 0.15) is 5.82 Å². The molecule has 2 heterocycles. The smallest absolute Gasteiger partial charge is 0.223 e. The van der Waals surface area contributed by atoms with Crippen LogP contribution in [0, 0.1) is 11.7 Å². The number of carbonyl (C=O) groups is 1. The molecule has 2 saturated heterocycles. The standard InChI is InChI=1S/C18H24FNO2/c1-13-11-17(15-6-2-3-7-16(15)19)20(12-13)18(21)9-8-14-5-4-10-22-14/h2-3,6-7,13-14,17H,4-5,8-12H2,1H3/t13-,14-,17+/m1/s1. The van der Waals surface area contributed by atoms with Gasteiger partial charge in [-0.15, -0.1) is 0 Å². The van der Waals surface area contributed by atoms with E-state index in [1.54, 1.807) is 12.1 Å². The van der Waals surface area contributed by atoms with Crippen molar-refractivity contribution in [3.63, 3.8) is 0 Å². The number of rotatable bonds is 4. The molecule has 3 atom stereocenters. The molecule has 0 saturated carbocycles. The Bertz CT molecular complexity index is 528. The summed E-state index contributed by atoms with van der Waals surface area (Å²) in [7, 11) is 0. The molecule has 3 rings (SSSR count). The van der Waals surface area contributed by atoms with E-state index in [1.165, 1.54) is 6.07 Å². The predicted octanol–water partition coefficient (Wildman–Crippen LogP) is 3.69. The molecule has 120 valence electrons. The number of hydrogen-bond acceptors (Lipinski definition) is 2. The zero-order chi connectivity index (χ0) is 15.5. The minimum atomic E-state index is -0.210. The monoisotopic (exact) mass is 305 g/mol. The summed E-state index contributed by atoms with van der Waals surface area (Å²) >= 11 is 0. The van der Waals surface area contributed by atoms with Crippen molar-refractivity contribution in [2.45, 2.75) is 51.2 Å². The SMILES string of the molecule is C[C@@H]1C[C@@H](c2ccccc2F)N(C(=O)CC[C@H]2CCCO2)C1. The van der Waals surface area contributed by atoms with E-state index in [1.807, 2.05) is 11.0 Å². The number of halogens is 1. The summed E-state index contributed by atoms with van der Waals surface area (Å²) in [5.74, 6) is 0.336. The molecule has 0 bridgehead atoms. The van der Waals surface area contributed by atoms with Crippen molar-refractivity contribution < 1.29 is 13.9 Å². The van der Waals surface area contributed by atoms with Gasteiger partial charge in [-0.05, 0) is 37.7 Å². The third-order valence-electron chi connectivity index (χ3n) is 4.80. The number of benzene rings is 1. The lowest BCUT2D eigenvalue weighted by Gasteiger charge is -2.26. The molecule has 0 unspecified atom stereocenters. The molecule has 0 N–H and O–H groups in total. The Morgan fingerprint density at radius 3 is 2.95 bits per heavy atom. The van der Waals surface area contributed by atoms with Crippen molar-refractivity contribution in [1.29, 1.82) is 0 Å². The average Bonchev–Trinajstić information content (AvgIpc) is 3.14. The van der Waals surface area contributed by atoms with Crippen LogP contribution >= 0.6 is 0 Å². The summed E-state index contributed by atoms with van der Waals surface area (Å²) in [5, 5.41) is 0. The zero-order valence-corrected chi connectivity index (χ0v) is 13.1. The van der Waals surface area contributed by atoms with E-state index in [0.717, 1.165) is 38.8 Å². The van der Waals surface area contributed by atoms with Gasteiger partial charge in [0, 0.05) is 25.1 Å². The molecule has 1 aromatic rings. The van der Waals surface area contributed by atoms with Crippen LogP contribution in [0.2, 0.25) is 0 Å². The van der Waals surface area contributed by atoms with Crippen LogP contribution in [0.4, 0.5) is 4.39 Å². The van der Waals surface area contributed by atoms with E-state index in [2.05, 4.69) is 6.92 Å².